The second-order valence-electron chi connectivity index (χ2n) is 5.44. The zero-order valence-electron chi connectivity index (χ0n) is 11.9. The van der Waals surface area contributed by atoms with Gasteiger partial charge >= 0.3 is 0 Å². The van der Waals surface area contributed by atoms with E-state index >= 15 is 0 Å². The molecule has 0 saturated heterocycles. The molecule has 112 valence electrons. The molecular formula is C16H17BrO3S. The summed E-state index contributed by atoms with van der Waals surface area (Å²) in [6.07, 6.45) is -0.644. The predicted octanol–water partition coefficient (Wildman–Crippen LogP) is 4.31. The Balaban J connectivity index is 1.89. The van der Waals surface area contributed by atoms with Gasteiger partial charge in [0.1, 0.15) is 6.10 Å². The molecule has 2 heterocycles. The maximum Gasteiger partial charge on any atom is 0.161 e. The Labute approximate surface area is 136 Å². The fourth-order valence-electron chi connectivity index (χ4n) is 2.22. The summed E-state index contributed by atoms with van der Waals surface area (Å²) in [5, 5.41) is 10.5. The third kappa shape index (κ3) is 3.10. The van der Waals surface area contributed by atoms with Crippen molar-refractivity contribution in [2.45, 2.75) is 20.0 Å². The summed E-state index contributed by atoms with van der Waals surface area (Å²) < 4.78 is 12.5. The average molecular weight is 369 g/mol. The fraction of sp³-hybridized carbons (Fsp3) is 0.375. The minimum atomic E-state index is -0.644. The molecule has 2 atom stereocenters. The Hall–Kier alpha value is -1.04. The van der Waals surface area contributed by atoms with Crippen molar-refractivity contribution in [3.05, 3.63) is 44.1 Å². The molecule has 0 fully saturated rings. The predicted molar refractivity (Wildman–Crippen MR) is 87.4 cm³/mol. The van der Waals surface area contributed by atoms with Crippen LogP contribution in [-0.4, -0.2) is 18.3 Å². The highest BCUT2D eigenvalue weighted by Gasteiger charge is 2.19. The lowest BCUT2D eigenvalue weighted by atomic mass is 10.1. The normalized spacial score (nSPS) is 19.1. The van der Waals surface area contributed by atoms with Gasteiger partial charge in [-0.15, -0.1) is 11.3 Å². The SMILES string of the molecule is Cc1cc(C(O)c2ccc3c(c2)OCC(C)CO3)sc1Br. The summed E-state index contributed by atoms with van der Waals surface area (Å²) in [5.41, 5.74) is 1.96. The highest BCUT2D eigenvalue weighted by atomic mass is 79.9. The number of rotatable bonds is 2. The molecule has 0 radical (unpaired) electrons. The Morgan fingerprint density at radius 2 is 1.95 bits per heavy atom. The molecule has 0 saturated carbocycles. The van der Waals surface area contributed by atoms with Gasteiger partial charge in [0.05, 0.1) is 17.0 Å². The Bertz CT molecular complexity index is 633. The van der Waals surface area contributed by atoms with E-state index in [1.807, 2.05) is 31.2 Å². The first-order chi connectivity index (χ1) is 10.0. The van der Waals surface area contributed by atoms with E-state index in [9.17, 15) is 5.11 Å². The molecule has 1 aromatic heterocycles. The molecule has 0 amide bonds. The summed E-state index contributed by atoms with van der Waals surface area (Å²) in [6.45, 7) is 5.40. The number of aryl methyl sites for hydroxylation is 1. The van der Waals surface area contributed by atoms with E-state index in [0.29, 0.717) is 24.9 Å². The number of halogens is 1. The van der Waals surface area contributed by atoms with Crippen molar-refractivity contribution >= 4 is 27.3 Å². The summed E-state index contributed by atoms with van der Waals surface area (Å²) >= 11 is 5.05. The van der Waals surface area contributed by atoms with Gasteiger partial charge in [0.25, 0.3) is 0 Å². The number of ether oxygens (including phenoxy) is 2. The lowest BCUT2D eigenvalue weighted by Crippen LogP contribution is -2.12. The molecule has 3 rings (SSSR count). The summed E-state index contributed by atoms with van der Waals surface area (Å²) in [4.78, 5) is 0.919. The van der Waals surface area contributed by atoms with Gasteiger partial charge in [0.15, 0.2) is 11.5 Å². The molecule has 2 aromatic rings. The van der Waals surface area contributed by atoms with Crippen molar-refractivity contribution < 1.29 is 14.6 Å². The van der Waals surface area contributed by atoms with Gasteiger partial charge in [0.2, 0.25) is 0 Å². The van der Waals surface area contributed by atoms with Crippen LogP contribution in [0.3, 0.4) is 0 Å². The molecule has 1 N–H and O–H groups in total. The van der Waals surface area contributed by atoms with Crippen LogP contribution in [0.1, 0.15) is 29.0 Å². The lowest BCUT2D eigenvalue weighted by molar-refractivity contribution is 0.221. The molecule has 1 aliphatic rings. The zero-order valence-corrected chi connectivity index (χ0v) is 14.3. The highest BCUT2D eigenvalue weighted by molar-refractivity contribution is 9.11. The number of aliphatic hydroxyl groups excluding tert-OH is 1. The monoisotopic (exact) mass is 368 g/mol. The first kappa shape index (κ1) is 14.9. The van der Waals surface area contributed by atoms with Crippen molar-refractivity contribution in [2.24, 2.45) is 5.92 Å². The van der Waals surface area contributed by atoms with Crippen LogP contribution in [0.5, 0.6) is 11.5 Å². The molecule has 5 heteroatoms. The summed E-state index contributed by atoms with van der Waals surface area (Å²) in [6, 6.07) is 7.65. The third-order valence-electron chi connectivity index (χ3n) is 3.48. The minimum absolute atomic E-state index is 0.363. The van der Waals surface area contributed by atoms with Gasteiger partial charge in [0, 0.05) is 10.8 Å². The molecular weight excluding hydrogens is 352 g/mol. The van der Waals surface area contributed by atoms with Gasteiger partial charge in [-0.3, -0.25) is 0 Å². The van der Waals surface area contributed by atoms with E-state index in [-0.39, 0.29) is 0 Å². The van der Waals surface area contributed by atoms with Gasteiger partial charge in [-0.05, 0) is 52.2 Å². The van der Waals surface area contributed by atoms with Gasteiger partial charge in [-0.1, -0.05) is 13.0 Å². The van der Waals surface area contributed by atoms with Crippen LogP contribution in [-0.2, 0) is 0 Å². The highest BCUT2D eigenvalue weighted by Crippen LogP contribution is 2.38. The molecule has 3 nitrogen and oxygen atoms in total. The molecule has 0 spiro atoms. The first-order valence-corrected chi connectivity index (χ1v) is 8.49. The summed E-state index contributed by atoms with van der Waals surface area (Å²) in [5.74, 6) is 1.82. The van der Waals surface area contributed by atoms with Crippen molar-refractivity contribution in [1.82, 2.24) is 0 Å². The van der Waals surface area contributed by atoms with Crippen molar-refractivity contribution in [3.63, 3.8) is 0 Å². The molecule has 1 aliphatic heterocycles. The Morgan fingerprint density at radius 1 is 1.24 bits per heavy atom. The second kappa shape index (κ2) is 5.99. The number of fused-ring (bicyclic) bond motifs is 1. The Kier molecular flexibility index (Phi) is 4.24. The largest absolute Gasteiger partial charge is 0.489 e. The molecule has 21 heavy (non-hydrogen) atoms. The van der Waals surface area contributed by atoms with Crippen molar-refractivity contribution in [2.75, 3.05) is 13.2 Å². The maximum absolute atomic E-state index is 10.5. The standard InChI is InChI=1S/C16H17BrO3S/c1-9-7-19-12-4-3-11(6-13(12)20-8-9)15(18)14-5-10(2)16(17)21-14/h3-6,9,15,18H,7-8H2,1-2H3. The van der Waals surface area contributed by atoms with Gasteiger partial charge in [-0.2, -0.15) is 0 Å². The number of hydrogen-bond acceptors (Lipinski definition) is 4. The first-order valence-electron chi connectivity index (χ1n) is 6.88. The number of thiophene rings is 1. The van der Waals surface area contributed by atoms with E-state index in [1.165, 1.54) is 0 Å². The topological polar surface area (TPSA) is 38.7 Å². The average Bonchev–Trinajstić information content (AvgIpc) is 2.70. The van der Waals surface area contributed by atoms with E-state index in [1.54, 1.807) is 11.3 Å². The van der Waals surface area contributed by atoms with Crippen LogP contribution < -0.4 is 9.47 Å². The zero-order chi connectivity index (χ0) is 15.0. The fourth-order valence-corrected chi connectivity index (χ4v) is 3.81. The summed E-state index contributed by atoms with van der Waals surface area (Å²) in [7, 11) is 0. The van der Waals surface area contributed by atoms with Crippen LogP contribution in [0.2, 0.25) is 0 Å². The van der Waals surface area contributed by atoms with Crippen LogP contribution in [0.15, 0.2) is 28.1 Å². The minimum Gasteiger partial charge on any atom is -0.489 e. The number of benzene rings is 1. The smallest absolute Gasteiger partial charge is 0.161 e. The van der Waals surface area contributed by atoms with Gasteiger partial charge in [-0.25, -0.2) is 0 Å². The van der Waals surface area contributed by atoms with Crippen LogP contribution >= 0.6 is 27.3 Å². The molecule has 1 aromatic carbocycles. The quantitative estimate of drug-likeness (QED) is 0.858. The third-order valence-corrected chi connectivity index (χ3v) is 5.67. The molecule has 0 bridgehead atoms. The number of aliphatic hydroxyl groups is 1. The van der Waals surface area contributed by atoms with Gasteiger partial charge < -0.3 is 14.6 Å². The maximum atomic E-state index is 10.5. The van der Waals surface area contributed by atoms with E-state index in [0.717, 1.165) is 25.5 Å². The van der Waals surface area contributed by atoms with E-state index in [2.05, 4.69) is 22.9 Å². The second-order valence-corrected chi connectivity index (χ2v) is 7.84. The lowest BCUT2D eigenvalue weighted by Gasteiger charge is -2.13. The van der Waals surface area contributed by atoms with Crippen molar-refractivity contribution in [1.29, 1.82) is 0 Å². The van der Waals surface area contributed by atoms with Crippen molar-refractivity contribution in [3.8, 4) is 11.5 Å². The van der Waals surface area contributed by atoms with E-state index in [4.69, 9.17) is 9.47 Å². The Morgan fingerprint density at radius 3 is 2.62 bits per heavy atom. The van der Waals surface area contributed by atoms with E-state index < -0.39 is 6.10 Å². The van der Waals surface area contributed by atoms with Crippen LogP contribution in [0, 0.1) is 12.8 Å². The van der Waals surface area contributed by atoms with Crippen LogP contribution in [0.4, 0.5) is 0 Å². The molecule has 0 aliphatic carbocycles. The molecule has 2 unspecified atom stereocenters. The number of hydrogen-bond donors (Lipinski definition) is 1. The van der Waals surface area contributed by atoms with Crippen LogP contribution in [0.25, 0.3) is 0 Å².